The molecule has 0 aliphatic heterocycles. The third-order valence-corrected chi connectivity index (χ3v) is 3.48. The third kappa shape index (κ3) is 1.93. The number of nitrogen functional groups attached to an aromatic ring is 1. The maximum Gasteiger partial charge on any atom is 0.146 e. The summed E-state index contributed by atoms with van der Waals surface area (Å²) in [5.41, 5.74) is 9.58. The molecule has 0 aliphatic rings. The average molecular weight is 269 g/mol. The molecule has 102 valence electrons. The predicted octanol–water partition coefficient (Wildman–Crippen LogP) is 3.75. The van der Waals surface area contributed by atoms with Gasteiger partial charge in [-0.1, -0.05) is 6.07 Å². The highest BCUT2D eigenvalue weighted by Gasteiger charge is 2.12. The van der Waals surface area contributed by atoms with E-state index in [-0.39, 0.29) is 5.69 Å². The van der Waals surface area contributed by atoms with Gasteiger partial charge in [0.15, 0.2) is 0 Å². The molecule has 0 amide bonds. The largest absolute Gasteiger partial charge is 0.396 e. The molecule has 3 nitrogen and oxygen atoms in total. The van der Waals surface area contributed by atoms with Crippen LogP contribution in [0.2, 0.25) is 0 Å². The molecule has 0 unspecified atom stereocenters. The molecular weight excluding hydrogens is 253 g/mol. The van der Waals surface area contributed by atoms with Crippen LogP contribution in [0.1, 0.15) is 12.5 Å². The molecule has 1 heterocycles. The smallest absolute Gasteiger partial charge is 0.146 e. The van der Waals surface area contributed by atoms with Crippen molar-refractivity contribution >= 4 is 16.7 Å². The van der Waals surface area contributed by atoms with Crippen LogP contribution in [-0.4, -0.2) is 9.55 Å². The molecule has 20 heavy (non-hydrogen) atoms. The van der Waals surface area contributed by atoms with E-state index in [9.17, 15) is 4.39 Å². The molecule has 0 radical (unpaired) electrons. The maximum atomic E-state index is 13.7. The first kappa shape index (κ1) is 12.7. The zero-order valence-corrected chi connectivity index (χ0v) is 11.5. The summed E-state index contributed by atoms with van der Waals surface area (Å²) in [5, 5.41) is 0. The number of hydrogen-bond donors (Lipinski definition) is 1. The zero-order chi connectivity index (χ0) is 14.3. The van der Waals surface area contributed by atoms with Gasteiger partial charge >= 0.3 is 0 Å². The summed E-state index contributed by atoms with van der Waals surface area (Å²) in [7, 11) is 0. The molecule has 0 saturated heterocycles. The van der Waals surface area contributed by atoms with Crippen molar-refractivity contribution in [1.82, 2.24) is 9.55 Å². The first-order valence-electron chi connectivity index (χ1n) is 6.62. The van der Waals surface area contributed by atoms with Gasteiger partial charge in [0, 0.05) is 12.1 Å². The Morgan fingerprint density at radius 2 is 2.00 bits per heavy atom. The van der Waals surface area contributed by atoms with Crippen molar-refractivity contribution in [3.63, 3.8) is 0 Å². The summed E-state index contributed by atoms with van der Waals surface area (Å²) < 4.78 is 15.7. The van der Waals surface area contributed by atoms with Crippen LogP contribution < -0.4 is 5.73 Å². The van der Waals surface area contributed by atoms with Crippen molar-refractivity contribution in [3.8, 4) is 11.4 Å². The Labute approximate surface area is 116 Å². The molecule has 0 saturated carbocycles. The number of fused-ring (bicyclic) bond motifs is 1. The summed E-state index contributed by atoms with van der Waals surface area (Å²) >= 11 is 0. The SMILES string of the molecule is CCn1c(-c2ccc(N)c(F)c2)nc2cc(C)ccc21. The van der Waals surface area contributed by atoms with Crippen LogP contribution in [0.25, 0.3) is 22.4 Å². The Balaban J connectivity index is 2.26. The van der Waals surface area contributed by atoms with Gasteiger partial charge in [-0.25, -0.2) is 9.37 Å². The lowest BCUT2D eigenvalue weighted by atomic mass is 10.2. The number of rotatable bonds is 2. The minimum Gasteiger partial charge on any atom is -0.396 e. The van der Waals surface area contributed by atoms with Gasteiger partial charge in [0.2, 0.25) is 0 Å². The number of nitrogens with zero attached hydrogens (tertiary/aromatic N) is 2. The van der Waals surface area contributed by atoms with E-state index < -0.39 is 5.82 Å². The van der Waals surface area contributed by atoms with Crippen LogP contribution in [0.4, 0.5) is 10.1 Å². The van der Waals surface area contributed by atoms with Crippen molar-refractivity contribution in [1.29, 1.82) is 0 Å². The molecule has 0 bridgehead atoms. The predicted molar refractivity (Wildman–Crippen MR) is 80.0 cm³/mol. The van der Waals surface area contributed by atoms with Gasteiger partial charge in [-0.3, -0.25) is 0 Å². The number of benzene rings is 2. The molecule has 2 N–H and O–H groups in total. The van der Waals surface area contributed by atoms with Crippen molar-refractivity contribution in [3.05, 3.63) is 47.8 Å². The molecule has 2 aromatic carbocycles. The maximum absolute atomic E-state index is 13.7. The van der Waals surface area contributed by atoms with Crippen LogP contribution >= 0.6 is 0 Å². The number of aryl methyl sites for hydroxylation is 2. The molecule has 0 spiro atoms. The van der Waals surface area contributed by atoms with Gasteiger partial charge in [0.1, 0.15) is 11.6 Å². The van der Waals surface area contributed by atoms with Crippen LogP contribution in [0, 0.1) is 12.7 Å². The molecule has 0 aliphatic carbocycles. The Morgan fingerprint density at radius 1 is 1.20 bits per heavy atom. The average Bonchev–Trinajstić information content (AvgIpc) is 2.79. The van der Waals surface area contributed by atoms with Crippen LogP contribution in [0.3, 0.4) is 0 Å². The van der Waals surface area contributed by atoms with Crippen molar-refractivity contribution in [2.24, 2.45) is 0 Å². The fourth-order valence-electron chi connectivity index (χ4n) is 2.45. The Morgan fingerprint density at radius 3 is 2.70 bits per heavy atom. The van der Waals surface area contributed by atoms with E-state index in [2.05, 4.69) is 28.6 Å². The zero-order valence-electron chi connectivity index (χ0n) is 11.5. The van der Waals surface area contributed by atoms with Gasteiger partial charge in [-0.2, -0.15) is 0 Å². The first-order chi connectivity index (χ1) is 9.60. The van der Waals surface area contributed by atoms with E-state index in [1.807, 2.05) is 13.0 Å². The molecule has 3 aromatic rings. The van der Waals surface area contributed by atoms with E-state index in [4.69, 9.17) is 5.73 Å². The number of hydrogen-bond acceptors (Lipinski definition) is 2. The normalized spacial score (nSPS) is 11.2. The van der Waals surface area contributed by atoms with Crippen molar-refractivity contribution < 1.29 is 4.39 Å². The standard InChI is InChI=1S/C16H16FN3/c1-3-20-15-7-4-10(2)8-14(15)19-16(20)11-5-6-13(18)12(17)9-11/h4-9H,3,18H2,1-2H3. The second-order valence-electron chi connectivity index (χ2n) is 4.91. The van der Waals surface area contributed by atoms with Crippen molar-refractivity contribution in [2.75, 3.05) is 5.73 Å². The van der Waals surface area contributed by atoms with Crippen LogP contribution in [0.5, 0.6) is 0 Å². The van der Waals surface area contributed by atoms with Gasteiger partial charge in [-0.05, 0) is 49.7 Å². The lowest BCUT2D eigenvalue weighted by molar-refractivity contribution is 0.632. The van der Waals surface area contributed by atoms with E-state index in [0.717, 1.165) is 34.5 Å². The van der Waals surface area contributed by atoms with E-state index in [1.54, 1.807) is 12.1 Å². The highest BCUT2D eigenvalue weighted by Crippen LogP contribution is 2.27. The summed E-state index contributed by atoms with van der Waals surface area (Å²) in [6.07, 6.45) is 0. The summed E-state index contributed by atoms with van der Waals surface area (Å²) in [6.45, 7) is 4.87. The van der Waals surface area contributed by atoms with E-state index in [1.165, 1.54) is 6.07 Å². The quantitative estimate of drug-likeness (QED) is 0.720. The number of aromatic nitrogens is 2. The lowest BCUT2D eigenvalue weighted by Gasteiger charge is -2.07. The molecule has 0 atom stereocenters. The molecule has 1 aromatic heterocycles. The minimum atomic E-state index is -0.409. The second-order valence-corrected chi connectivity index (χ2v) is 4.91. The number of imidazole rings is 1. The van der Waals surface area contributed by atoms with Gasteiger partial charge in [0.25, 0.3) is 0 Å². The Hall–Kier alpha value is -2.36. The lowest BCUT2D eigenvalue weighted by Crippen LogP contribution is -1.98. The summed E-state index contributed by atoms with van der Waals surface area (Å²) in [4.78, 5) is 4.64. The summed E-state index contributed by atoms with van der Waals surface area (Å²) in [6, 6.07) is 11.0. The highest BCUT2D eigenvalue weighted by molar-refractivity contribution is 5.81. The van der Waals surface area contributed by atoms with Crippen LogP contribution in [-0.2, 0) is 6.54 Å². The number of nitrogens with two attached hydrogens (primary N) is 1. The van der Waals surface area contributed by atoms with Crippen LogP contribution in [0.15, 0.2) is 36.4 Å². The molecule has 3 rings (SSSR count). The molecule has 4 heteroatoms. The molecule has 0 fully saturated rings. The first-order valence-corrected chi connectivity index (χ1v) is 6.62. The summed E-state index contributed by atoms with van der Waals surface area (Å²) in [5.74, 6) is 0.361. The monoisotopic (exact) mass is 269 g/mol. The van der Waals surface area contributed by atoms with Gasteiger partial charge in [0.05, 0.1) is 16.7 Å². The Kier molecular flexibility index (Phi) is 2.93. The topological polar surface area (TPSA) is 43.8 Å². The van der Waals surface area contributed by atoms with Gasteiger partial charge in [-0.15, -0.1) is 0 Å². The number of anilines is 1. The number of halogens is 1. The fourth-order valence-corrected chi connectivity index (χ4v) is 2.45. The minimum absolute atomic E-state index is 0.156. The van der Waals surface area contributed by atoms with E-state index in [0.29, 0.717) is 0 Å². The van der Waals surface area contributed by atoms with Crippen molar-refractivity contribution in [2.45, 2.75) is 20.4 Å². The second kappa shape index (κ2) is 4.63. The fraction of sp³-hybridized carbons (Fsp3) is 0.188. The third-order valence-electron chi connectivity index (χ3n) is 3.48. The van der Waals surface area contributed by atoms with E-state index >= 15 is 0 Å². The highest BCUT2D eigenvalue weighted by atomic mass is 19.1. The molecular formula is C16H16FN3. The Bertz CT molecular complexity index is 790. The van der Waals surface area contributed by atoms with Gasteiger partial charge < -0.3 is 10.3 Å².